The summed E-state index contributed by atoms with van der Waals surface area (Å²) in [5.41, 5.74) is 3.33. The van der Waals surface area contributed by atoms with Crippen molar-refractivity contribution >= 4 is 22.7 Å². The summed E-state index contributed by atoms with van der Waals surface area (Å²) in [7, 11) is 0. The fourth-order valence-corrected chi connectivity index (χ4v) is 3.97. The number of fused-ring (bicyclic) bond motifs is 1. The van der Waals surface area contributed by atoms with Crippen LogP contribution in [-0.2, 0) is 0 Å². The van der Waals surface area contributed by atoms with Crippen LogP contribution in [0.15, 0.2) is 65.7 Å². The van der Waals surface area contributed by atoms with Gasteiger partial charge < -0.3 is 18.9 Å². The number of carbonyl (C=O) groups excluding carboxylic acids is 1. The molecule has 0 saturated heterocycles. The zero-order chi connectivity index (χ0) is 23.2. The lowest BCUT2D eigenvalue weighted by molar-refractivity contribution is 0.0998. The molecule has 0 unspecified atom stereocenters. The molecule has 4 heterocycles. The molecule has 5 aromatic rings. The zero-order valence-corrected chi connectivity index (χ0v) is 18.8. The van der Waals surface area contributed by atoms with Crippen LogP contribution in [0, 0.1) is 0 Å². The Labute approximate surface area is 195 Å². The van der Waals surface area contributed by atoms with E-state index in [2.05, 4.69) is 31.7 Å². The Morgan fingerprint density at radius 3 is 2.85 bits per heavy atom. The molecule has 0 atom stereocenters. The highest BCUT2D eigenvalue weighted by Crippen LogP contribution is 2.39. The summed E-state index contributed by atoms with van der Waals surface area (Å²) in [6, 6.07) is 13.2. The molecule has 1 aliphatic carbocycles. The van der Waals surface area contributed by atoms with Crippen molar-refractivity contribution in [2.24, 2.45) is 0 Å². The molecule has 1 amide bonds. The molecule has 1 N–H and O–H groups in total. The molecule has 170 valence electrons. The molecular formula is C25H23N7O2. The first-order valence-corrected chi connectivity index (χ1v) is 11.3. The van der Waals surface area contributed by atoms with Gasteiger partial charge in [-0.05, 0) is 57.0 Å². The molecule has 0 spiro atoms. The Hall–Kier alpha value is -4.27. The van der Waals surface area contributed by atoms with Gasteiger partial charge in [0.15, 0.2) is 11.6 Å². The average molecular weight is 454 g/mol. The summed E-state index contributed by atoms with van der Waals surface area (Å²) in [6.45, 7) is 4.09. The van der Waals surface area contributed by atoms with Crippen LogP contribution in [0.4, 0.5) is 5.82 Å². The van der Waals surface area contributed by atoms with E-state index in [4.69, 9.17) is 4.42 Å². The van der Waals surface area contributed by atoms with Crippen molar-refractivity contribution in [3.05, 3.63) is 72.8 Å². The molecular weight excluding hydrogens is 430 g/mol. The largest absolute Gasteiger partial charge is 0.451 e. The lowest BCUT2D eigenvalue weighted by Crippen LogP contribution is -2.12. The number of hydrogen-bond donors (Lipinski definition) is 1. The van der Waals surface area contributed by atoms with Gasteiger partial charge in [0.25, 0.3) is 5.91 Å². The molecule has 0 radical (unpaired) electrons. The Morgan fingerprint density at radius 1 is 1.15 bits per heavy atom. The predicted molar refractivity (Wildman–Crippen MR) is 127 cm³/mol. The standard InChI is InChI=1S/C25H23N7O2/c1-15(2)32-14-27-30-24(32)19-4-3-5-23(28-19)29-25(33)22-10-17-8-9-18(11-21(17)34-22)31-12-20(26-13-31)16-6-7-16/h3-5,8-16H,6-7H2,1-2H3,(H,28,29,33). The van der Waals surface area contributed by atoms with Crippen LogP contribution in [-0.4, -0.2) is 35.2 Å². The monoisotopic (exact) mass is 453 g/mol. The van der Waals surface area contributed by atoms with Gasteiger partial charge in [0, 0.05) is 29.6 Å². The third kappa shape index (κ3) is 3.75. The summed E-state index contributed by atoms with van der Waals surface area (Å²) >= 11 is 0. The predicted octanol–water partition coefficient (Wildman–Crippen LogP) is 4.98. The van der Waals surface area contributed by atoms with E-state index in [0.717, 1.165) is 16.8 Å². The summed E-state index contributed by atoms with van der Waals surface area (Å²) in [4.78, 5) is 22.0. The number of furan rings is 1. The van der Waals surface area contributed by atoms with Crippen LogP contribution in [0.1, 0.15) is 54.9 Å². The first-order chi connectivity index (χ1) is 16.5. The van der Waals surface area contributed by atoms with Crippen LogP contribution in [0.25, 0.3) is 28.2 Å². The number of amides is 1. The SMILES string of the molecule is CC(C)n1cnnc1-c1cccc(NC(=O)c2cc3ccc(-n4cnc(C5CC5)c4)cc3o2)n1. The molecule has 1 aliphatic rings. The summed E-state index contributed by atoms with van der Waals surface area (Å²) in [6.07, 6.45) is 7.98. The Kier molecular flexibility index (Phi) is 4.75. The molecule has 9 nitrogen and oxygen atoms in total. The second-order valence-corrected chi connectivity index (χ2v) is 8.83. The quantitative estimate of drug-likeness (QED) is 0.389. The minimum absolute atomic E-state index is 0.188. The molecule has 1 fully saturated rings. The number of benzene rings is 1. The number of nitrogens with zero attached hydrogens (tertiary/aromatic N) is 6. The summed E-state index contributed by atoms with van der Waals surface area (Å²) < 4.78 is 9.80. The fourth-order valence-electron chi connectivity index (χ4n) is 3.97. The van der Waals surface area contributed by atoms with E-state index < -0.39 is 0 Å². The molecule has 9 heteroatoms. The van der Waals surface area contributed by atoms with Gasteiger partial charge in [-0.3, -0.25) is 4.79 Å². The number of pyridine rings is 1. The molecule has 1 aromatic carbocycles. The second-order valence-electron chi connectivity index (χ2n) is 8.83. The number of hydrogen-bond acceptors (Lipinski definition) is 6. The van der Waals surface area contributed by atoms with Gasteiger partial charge in [-0.25, -0.2) is 9.97 Å². The fraction of sp³-hybridized carbons (Fsp3) is 0.240. The van der Waals surface area contributed by atoms with E-state index in [1.165, 1.54) is 12.8 Å². The highest BCUT2D eigenvalue weighted by atomic mass is 16.3. The number of nitrogens with one attached hydrogen (secondary N) is 1. The molecule has 0 aliphatic heterocycles. The van der Waals surface area contributed by atoms with Crippen molar-refractivity contribution in [2.45, 2.75) is 38.6 Å². The smallest absolute Gasteiger partial charge is 0.292 e. The van der Waals surface area contributed by atoms with Gasteiger partial charge >= 0.3 is 0 Å². The van der Waals surface area contributed by atoms with E-state index >= 15 is 0 Å². The second kappa shape index (κ2) is 7.95. The van der Waals surface area contributed by atoms with E-state index in [9.17, 15) is 4.79 Å². The van der Waals surface area contributed by atoms with E-state index in [0.29, 0.717) is 28.8 Å². The average Bonchev–Trinajstić information content (AvgIpc) is 3.25. The maximum atomic E-state index is 12.9. The highest BCUT2D eigenvalue weighted by molar-refractivity contribution is 6.04. The Bertz CT molecular complexity index is 1510. The minimum atomic E-state index is -0.369. The number of carbonyl (C=O) groups is 1. The van der Waals surface area contributed by atoms with Crippen LogP contribution >= 0.6 is 0 Å². The minimum Gasteiger partial charge on any atom is -0.451 e. The number of anilines is 1. The number of rotatable bonds is 6. The van der Waals surface area contributed by atoms with Gasteiger partial charge in [-0.1, -0.05) is 6.07 Å². The molecule has 6 rings (SSSR count). The van der Waals surface area contributed by atoms with E-state index in [1.807, 2.05) is 59.6 Å². The van der Waals surface area contributed by atoms with Crippen molar-refractivity contribution in [1.29, 1.82) is 0 Å². The number of aromatic nitrogens is 6. The topological polar surface area (TPSA) is 104 Å². The van der Waals surface area contributed by atoms with Crippen molar-refractivity contribution < 1.29 is 9.21 Å². The van der Waals surface area contributed by atoms with Gasteiger partial charge in [0.1, 0.15) is 23.4 Å². The summed E-state index contributed by atoms with van der Waals surface area (Å²) in [5.74, 6) is 1.50. The normalized spacial score (nSPS) is 13.6. The summed E-state index contributed by atoms with van der Waals surface area (Å²) in [5, 5.41) is 11.8. The van der Waals surface area contributed by atoms with Crippen molar-refractivity contribution in [1.82, 2.24) is 29.3 Å². The third-order valence-corrected chi connectivity index (χ3v) is 5.97. The van der Waals surface area contributed by atoms with Crippen molar-refractivity contribution in [3.8, 4) is 17.2 Å². The van der Waals surface area contributed by atoms with Crippen LogP contribution in [0.3, 0.4) is 0 Å². The Balaban J connectivity index is 1.23. The molecule has 0 bridgehead atoms. The molecule has 1 saturated carbocycles. The Morgan fingerprint density at radius 2 is 2.03 bits per heavy atom. The maximum absolute atomic E-state index is 12.9. The van der Waals surface area contributed by atoms with Crippen molar-refractivity contribution in [2.75, 3.05) is 5.32 Å². The van der Waals surface area contributed by atoms with Crippen LogP contribution in [0.2, 0.25) is 0 Å². The van der Waals surface area contributed by atoms with Crippen molar-refractivity contribution in [3.63, 3.8) is 0 Å². The first kappa shape index (κ1) is 20.3. The third-order valence-electron chi connectivity index (χ3n) is 5.97. The zero-order valence-electron chi connectivity index (χ0n) is 18.8. The van der Waals surface area contributed by atoms with Gasteiger partial charge in [0.05, 0.1) is 17.7 Å². The highest BCUT2D eigenvalue weighted by Gasteiger charge is 2.26. The van der Waals surface area contributed by atoms with Crippen LogP contribution in [0.5, 0.6) is 0 Å². The maximum Gasteiger partial charge on any atom is 0.292 e. The lowest BCUT2D eigenvalue weighted by atomic mass is 10.2. The lowest BCUT2D eigenvalue weighted by Gasteiger charge is -2.10. The van der Waals surface area contributed by atoms with E-state index in [1.54, 1.807) is 18.5 Å². The van der Waals surface area contributed by atoms with Gasteiger partial charge in [-0.15, -0.1) is 10.2 Å². The number of imidazole rings is 1. The van der Waals surface area contributed by atoms with E-state index in [-0.39, 0.29) is 17.7 Å². The van der Waals surface area contributed by atoms with Gasteiger partial charge in [-0.2, -0.15) is 0 Å². The molecule has 34 heavy (non-hydrogen) atoms. The first-order valence-electron chi connectivity index (χ1n) is 11.3. The van der Waals surface area contributed by atoms with Gasteiger partial charge in [0.2, 0.25) is 0 Å². The molecule has 4 aromatic heterocycles. The van der Waals surface area contributed by atoms with Crippen LogP contribution < -0.4 is 5.32 Å².